The molecule has 13 heteroatoms. The Morgan fingerprint density at radius 3 is 2.42 bits per heavy atom. The van der Waals surface area contributed by atoms with E-state index in [9.17, 15) is 26.7 Å². The summed E-state index contributed by atoms with van der Waals surface area (Å²) in [5.74, 6) is -4.78. The van der Waals surface area contributed by atoms with Crippen LogP contribution < -0.4 is 16.0 Å². The second-order valence-electron chi connectivity index (χ2n) is 9.25. The minimum absolute atomic E-state index is 0.138. The monoisotopic (exact) mass is 516 g/mol. The van der Waals surface area contributed by atoms with E-state index in [-0.39, 0.29) is 29.7 Å². The van der Waals surface area contributed by atoms with Crippen molar-refractivity contribution in [1.29, 1.82) is 0 Å². The molecule has 36 heavy (non-hydrogen) atoms. The number of likely N-dealkylation sites (tertiary alicyclic amines) is 1. The number of halogens is 6. The molecule has 3 heterocycles. The molecular formula is C23H26F6N6O. The SMILES string of the molecule is NC(=O)CN1CCC(CNc2ncnc(N3CC(F)(F)C[C@@H]3c3ccc(C(F)(F)F)cc3)c2F)CC1. The number of benzene rings is 1. The molecular weight excluding hydrogens is 490 g/mol. The van der Waals surface area contributed by atoms with Crippen molar-refractivity contribution in [3.63, 3.8) is 0 Å². The topological polar surface area (TPSA) is 87.4 Å². The van der Waals surface area contributed by atoms with Crippen molar-refractivity contribution in [1.82, 2.24) is 14.9 Å². The van der Waals surface area contributed by atoms with Gasteiger partial charge in [-0.15, -0.1) is 0 Å². The number of primary amides is 1. The van der Waals surface area contributed by atoms with Crippen LogP contribution in [0.25, 0.3) is 0 Å². The third kappa shape index (κ3) is 6.00. The molecule has 1 amide bonds. The highest BCUT2D eigenvalue weighted by atomic mass is 19.4. The molecule has 2 saturated heterocycles. The van der Waals surface area contributed by atoms with Gasteiger partial charge in [0.25, 0.3) is 5.92 Å². The largest absolute Gasteiger partial charge is 0.416 e. The van der Waals surface area contributed by atoms with Crippen molar-refractivity contribution >= 4 is 17.5 Å². The lowest BCUT2D eigenvalue weighted by molar-refractivity contribution is -0.137. The van der Waals surface area contributed by atoms with Gasteiger partial charge in [0.15, 0.2) is 11.6 Å². The summed E-state index contributed by atoms with van der Waals surface area (Å²) in [5, 5.41) is 2.93. The number of carbonyl (C=O) groups excluding carboxylic acids is 1. The van der Waals surface area contributed by atoms with Crippen molar-refractivity contribution in [2.75, 3.05) is 42.9 Å². The summed E-state index contributed by atoms with van der Waals surface area (Å²) >= 11 is 0. The number of aromatic nitrogens is 2. The summed E-state index contributed by atoms with van der Waals surface area (Å²) in [7, 11) is 0. The number of anilines is 2. The van der Waals surface area contributed by atoms with Gasteiger partial charge in [0.05, 0.1) is 24.7 Å². The first-order valence-electron chi connectivity index (χ1n) is 11.5. The summed E-state index contributed by atoms with van der Waals surface area (Å²) in [6.45, 7) is 1.08. The van der Waals surface area contributed by atoms with E-state index < -0.39 is 48.4 Å². The molecule has 4 rings (SSSR count). The van der Waals surface area contributed by atoms with Gasteiger partial charge in [0, 0.05) is 13.0 Å². The molecule has 1 aromatic heterocycles. The van der Waals surface area contributed by atoms with Gasteiger partial charge in [0.1, 0.15) is 6.33 Å². The van der Waals surface area contributed by atoms with E-state index in [0.29, 0.717) is 19.6 Å². The van der Waals surface area contributed by atoms with Gasteiger partial charge in [0.2, 0.25) is 11.7 Å². The quantitative estimate of drug-likeness (QED) is 0.544. The van der Waals surface area contributed by atoms with E-state index in [2.05, 4.69) is 15.3 Å². The fourth-order valence-electron chi connectivity index (χ4n) is 4.73. The summed E-state index contributed by atoms with van der Waals surface area (Å²) in [5.41, 5.74) is 4.52. The minimum Gasteiger partial charge on any atom is -0.369 e. The van der Waals surface area contributed by atoms with Crippen LogP contribution in [0.3, 0.4) is 0 Å². The minimum atomic E-state index is -4.56. The number of rotatable bonds is 7. The van der Waals surface area contributed by atoms with Crippen LogP contribution in [0.5, 0.6) is 0 Å². The van der Waals surface area contributed by atoms with Gasteiger partial charge in [-0.05, 0) is 49.5 Å². The highest BCUT2D eigenvalue weighted by Gasteiger charge is 2.47. The molecule has 2 aliphatic heterocycles. The number of hydrogen-bond acceptors (Lipinski definition) is 6. The molecule has 196 valence electrons. The predicted molar refractivity (Wildman–Crippen MR) is 120 cm³/mol. The first kappa shape index (κ1) is 26.0. The Morgan fingerprint density at radius 2 is 1.81 bits per heavy atom. The van der Waals surface area contributed by atoms with Gasteiger partial charge in [-0.2, -0.15) is 17.6 Å². The number of hydrogen-bond donors (Lipinski definition) is 2. The molecule has 2 aromatic rings. The lowest BCUT2D eigenvalue weighted by Gasteiger charge is -2.31. The normalized spacial score (nSPS) is 21.1. The third-order valence-electron chi connectivity index (χ3n) is 6.58. The Kier molecular flexibility index (Phi) is 7.30. The lowest BCUT2D eigenvalue weighted by Crippen LogP contribution is -2.40. The van der Waals surface area contributed by atoms with Crippen LogP contribution in [-0.4, -0.2) is 59.4 Å². The third-order valence-corrected chi connectivity index (χ3v) is 6.58. The number of nitrogens with zero attached hydrogens (tertiary/aromatic N) is 4. The maximum Gasteiger partial charge on any atom is 0.416 e. The van der Waals surface area contributed by atoms with Crippen LogP contribution in [0.4, 0.5) is 38.0 Å². The number of nitrogens with one attached hydrogen (secondary N) is 1. The maximum absolute atomic E-state index is 15.4. The molecule has 0 aliphatic carbocycles. The zero-order valence-electron chi connectivity index (χ0n) is 19.2. The Hall–Kier alpha value is -3.09. The number of carbonyl (C=O) groups is 1. The fourth-order valence-corrected chi connectivity index (χ4v) is 4.73. The fraction of sp³-hybridized carbons (Fsp3) is 0.522. The van der Waals surface area contributed by atoms with Crippen LogP contribution in [-0.2, 0) is 11.0 Å². The second-order valence-corrected chi connectivity index (χ2v) is 9.25. The van der Waals surface area contributed by atoms with E-state index in [4.69, 9.17) is 5.73 Å². The van der Waals surface area contributed by atoms with E-state index >= 15 is 4.39 Å². The molecule has 0 saturated carbocycles. The molecule has 2 fully saturated rings. The maximum atomic E-state index is 15.4. The van der Waals surface area contributed by atoms with Gasteiger partial charge in [-0.25, -0.2) is 18.7 Å². The highest BCUT2D eigenvalue weighted by molar-refractivity contribution is 5.75. The lowest BCUT2D eigenvalue weighted by atomic mass is 9.97. The van der Waals surface area contributed by atoms with Gasteiger partial charge < -0.3 is 16.0 Å². The summed E-state index contributed by atoms with van der Waals surface area (Å²) in [6, 6.07) is 2.84. The van der Waals surface area contributed by atoms with Crippen LogP contribution in [0.2, 0.25) is 0 Å². The van der Waals surface area contributed by atoms with Crippen LogP contribution >= 0.6 is 0 Å². The first-order chi connectivity index (χ1) is 16.9. The smallest absolute Gasteiger partial charge is 0.369 e. The van der Waals surface area contributed by atoms with Crippen molar-refractivity contribution in [2.45, 2.75) is 37.4 Å². The Balaban J connectivity index is 1.48. The molecule has 7 nitrogen and oxygen atoms in total. The predicted octanol–water partition coefficient (Wildman–Crippen LogP) is 3.83. The van der Waals surface area contributed by atoms with Crippen LogP contribution in [0, 0.1) is 11.7 Å². The summed E-state index contributed by atoms with van der Waals surface area (Å²) in [4.78, 5) is 21.9. The number of piperidine rings is 1. The summed E-state index contributed by atoms with van der Waals surface area (Å²) in [6.07, 6.45) is -2.66. The van der Waals surface area contributed by atoms with Crippen LogP contribution in [0.1, 0.15) is 36.4 Å². The van der Waals surface area contributed by atoms with E-state index in [1.165, 1.54) is 0 Å². The average molecular weight is 516 g/mol. The molecule has 2 aliphatic rings. The molecule has 1 atom stereocenters. The average Bonchev–Trinajstić information content (AvgIpc) is 3.13. The number of amides is 1. The van der Waals surface area contributed by atoms with Crippen molar-refractivity contribution in [3.05, 3.63) is 47.5 Å². The standard InChI is InChI=1S/C23H26F6N6O/c24-19-20(31-10-14-5-7-34(8-6-14)11-18(30)36)32-13-33-21(19)35-12-22(25,26)9-17(35)15-1-3-16(4-2-15)23(27,28)29/h1-4,13-14,17H,5-12H2,(H2,30,36)(H,31,32,33)/t17-/m1/s1. The van der Waals surface area contributed by atoms with Crippen molar-refractivity contribution < 1.29 is 31.1 Å². The van der Waals surface area contributed by atoms with Crippen molar-refractivity contribution in [3.8, 4) is 0 Å². The molecule has 0 bridgehead atoms. The first-order valence-corrected chi connectivity index (χ1v) is 11.5. The zero-order valence-corrected chi connectivity index (χ0v) is 19.2. The van der Waals surface area contributed by atoms with Gasteiger partial charge in [-0.3, -0.25) is 9.69 Å². The Labute approximate surface area is 203 Å². The highest BCUT2D eigenvalue weighted by Crippen LogP contribution is 2.44. The molecule has 0 spiro atoms. The Bertz CT molecular complexity index is 1070. The molecule has 3 N–H and O–H groups in total. The van der Waals surface area contributed by atoms with E-state index in [1.54, 1.807) is 0 Å². The molecule has 1 aromatic carbocycles. The summed E-state index contributed by atoms with van der Waals surface area (Å²) < 4.78 is 82.9. The Morgan fingerprint density at radius 1 is 1.14 bits per heavy atom. The number of nitrogens with two attached hydrogens (primary N) is 1. The van der Waals surface area contributed by atoms with Gasteiger partial charge >= 0.3 is 6.18 Å². The van der Waals surface area contributed by atoms with E-state index in [0.717, 1.165) is 48.3 Å². The van der Waals surface area contributed by atoms with Gasteiger partial charge in [-0.1, -0.05) is 12.1 Å². The molecule has 0 unspecified atom stereocenters. The second kappa shape index (κ2) is 10.1. The van der Waals surface area contributed by atoms with Crippen LogP contribution in [0.15, 0.2) is 30.6 Å². The van der Waals surface area contributed by atoms with Crippen molar-refractivity contribution in [2.24, 2.45) is 11.7 Å². The number of alkyl halides is 5. The molecule has 0 radical (unpaired) electrons. The van der Waals surface area contributed by atoms with E-state index in [1.807, 2.05) is 4.90 Å². The zero-order chi connectivity index (χ0) is 26.1.